The summed E-state index contributed by atoms with van der Waals surface area (Å²) >= 11 is 5.48. The number of benzene rings is 1. The van der Waals surface area contributed by atoms with Gasteiger partial charge in [0.15, 0.2) is 5.11 Å². The van der Waals surface area contributed by atoms with Gasteiger partial charge in [-0.15, -0.1) is 0 Å². The number of fused-ring (bicyclic) bond motifs is 1. The fourth-order valence-electron chi connectivity index (χ4n) is 4.04. The van der Waals surface area contributed by atoms with Crippen molar-refractivity contribution >= 4 is 39.7 Å². The second kappa shape index (κ2) is 9.14. The van der Waals surface area contributed by atoms with Gasteiger partial charge >= 0.3 is 12.4 Å². The van der Waals surface area contributed by atoms with Crippen LogP contribution in [0.15, 0.2) is 36.4 Å². The Balaban J connectivity index is 1.59. The quantitative estimate of drug-likeness (QED) is 0.345. The Bertz CT molecular complexity index is 1250. The molecule has 1 aromatic carbocycles. The van der Waals surface area contributed by atoms with Gasteiger partial charge in [-0.3, -0.25) is 0 Å². The summed E-state index contributed by atoms with van der Waals surface area (Å²) in [6.45, 7) is 5.03. The molecule has 186 valence electrons. The third-order valence-corrected chi connectivity index (χ3v) is 6.01. The molecule has 0 aliphatic carbocycles. The highest BCUT2D eigenvalue weighted by molar-refractivity contribution is 7.80. The fraction of sp³-hybridized carbons (Fsp3) is 0.348. The van der Waals surface area contributed by atoms with Crippen molar-refractivity contribution in [2.45, 2.75) is 26.2 Å². The number of piperazine rings is 1. The smallest absolute Gasteiger partial charge is 0.367 e. The summed E-state index contributed by atoms with van der Waals surface area (Å²) in [6, 6.07) is 7.14. The van der Waals surface area contributed by atoms with E-state index >= 15 is 0 Å². The summed E-state index contributed by atoms with van der Waals surface area (Å²) in [5.74, 6) is 0.588. The zero-order chi connectivity index (χ0) is 25.5. The van der Waals surface area contributed by atoms with Crippen LogP contribution in [-0.2, 0) is 12.4 Å². The molecule has 2 aromatic heterocycles. The summed E-state index contributed by atoms with van der Waals surface area (Å²) in [6.07, 6.45) is -9.37. The van der Waals surface area contributed by atoms with Gasteiger partial charge in [-0.25, -0.2) is 9.97 Å². The molecule has 3 heterocycles. The molecule has 1 N–H and O–H groups in total. The van der Waals surface area contributed by atoms with Gasteiger partial charge in [-0.2, -0.15) is 26.3 Å². The van der Waals surface area contributed by atoms with Crippen LogP contribution >= 0.6 is 12.2 Å². The highest BCUT2D eigenvalue weighted by Gasteiger charge is 2.36. The van der Waals surface area contributed by atoms with Crippen molar-refractivity contribution in [3.05, 3.63) is 58.9 Å². The number of aromatic nitrogens is 2. The average Bonchev–Trinajstić information content (AvgIpc) is 2.76. The fourth-order valence-corrected chi connectivity index (χ4v) is 4.32. The first-order valence-corrected chi connectivity index (χ1v) is 11.1. The van der Waals surface area contributed by atoms with Crippen molar-refractivity contribution < 1.29 is 26.3 Å². The summed E-state index contributed by atoms with van der Waals surface area (Å²) in [4.78, 5) is 11.4. The van der Waals surface area contributed by atoms with Crippen LogP contribution in [0, 0.1) is 13.8 Å². The van der Waals surface area contributed by atoms with E-state index in [2.05, 4.69) is 15.3 Å². The monoisotopic (exact) mass is 513 g/mol. The van der Waals surface area contributed by atoms with E-state index in [1.807, 2.05) is 30.9 Å². The van der Waals surface area contributed by atoms with Crippen molar-refractivity contribution in [2.24, 2.45) is 0 Å². The largest absolute Gasteiger partial charge is 0.433 e. The number of nitrogens with zero attached hydrogens (tertiary/aromatic N) is 4. The van der Waals surface area contributed by atoms with E-state index in [4.69, 9.17) is 12.2 Å². The number of thiocarbonyl (C=S) groups is 1. The summed E-state index contributed by atoms with van der Waals surface area (Å²) in [7, 11) is 0. The van der Waals surface area contributed by atoms with E-state index in [1.54, 1.807) is 4.90 Å². The zero-order valence-corrected chi connectivity index (χ0v) is 19.6. The van der Waals surface area contributed by atoms with Gasteiger partial charge in [-0.05, 0) is 68.0 Å². The second-order valence-corrected chi connectivity index (χ2v) is 8.72. The number of aryl methyl sites for hydroxylation is 2. The van der Waals surface area contributed by atoms with Crippen molar-refractivity contribution in [2.75, 3.05) is 36.4 Å². The van der Waals surface area contributed by atoms with E-state index < -0.39 is 23.6 Å². The van der Waals surface area contributed by atoms with E-state index in [0.29, 0.717) is 24.0 Å². The molecular formula is C23H21F6N5S. The Morgan fingerprint density at radius 2 is 1.57 bits per heavy atom. The number of anilines is 2. The first-order chi connectivity index (χ1) is 16.3. The van der Waals surface area contributed by atoms with Crippen LogP contribution in [0.2, 0.25) is 0 Å². The first kappa shape index (κ1) is 25.0. The SMILES string of the molecule is Cc1cc(C)nc(NC(=S)N2CCN(c3cc(C(F)(F)F)nc4ccc(C(F)(F)F)cc34)CC2)c1. The number of halogens is 6. The normalized spacial score (nSPS) is 15.0. The van der Waals surface area contributed by atoms with Crippen LogP contribution in [0.4, 0.5) is 37.8 Å². The minimum absolute atomic E-state index is 0.0152. The van der Waals surface area contributed by atoms with Crippen LogP contribution in [0.25, 0.3) is 10.9 Å². The Morgan fingerprint density at radius 3 is 2.17 bits per heavy atom. The minimum atomic E-state index is -4.74. The number of hydrogen-bond acceptors (Lipinski definition) is 4. The highest BCUT2D eigenvalue weighted by atomic mass is 32.1. The van der Waals surface area contributed by atoms with E-state index in [9.17, 15) is 26.3 Å². The minimum Gasteiger partial charge on any atom is -0.367 e. The molecular weight excluding hydrogens is 492 g/mol. The van der Waals surface area contributed by atoms with Gasteiger partial charge in [0.2, 0.25) is 0 Å². The maximum atomic E-state index is 13.5. The van der Waals surface area contributed by atoms with Crippen molar-refractivity contribution in [1.82, 2.24) is 14.9 Å². The molecule has 0 saturated carbocycles. The lowest BCUT2D eigenvalue weighted by atomic mass is 10.1. The van der Waals surface area contributed by atoms with Crippen LogP contribution < -0.4 is 10.2 Å². The van der Waals surface area contributed by atoms with Crippen molar-refractivity contribution in [3.8, 4) is 0 Å². The Kier molecular flexibility index (Phi) is 6.52. The van der Waals surface area contributed by atoms with Gasteiger partial charge in [0, 0.05) is 42.9 Å². The molecule has 0 amide bonds. The van der Waals surface area contributed by atoms with Gasteiger partial charge in [0.05, 0.1) is 11.1 Å². The predicted octanol–water partition coefficient (Wildman–Crippen LogP) is 5.80. The molecule has 0 unspecified atom stereocenters. The molecule has 0 atom stereocenters. The molecule has 1 aliphatic heterocycles. The predicted molar refractivity (Wildman–Crippen MR) is 125 cm³/mol. The molecule has 4 rings (SSSR count). The number of pyridine rings is 2. The lowest BCUT2D eigenvalue weighted by Gasteiger charge is -2.38. The maximum Gasteiger partial charge on any atom is 0.433 e. The molecule has 0 bridgehead atoms. The molecule has 0 spiro atoms. The first-order valence-electron chi connectivity index (χ1n) is 10.7. The summed E-state index contributed by atoms with van der Waals surface area (Å²) in [5.41, 5.74) is -0.358. The molecule has 1 saturated heterocycles. The third kappa shape index (κ3) is 5.58. The van der Waals surface area contributed by atoms with Crippen LogP contribution in [0.5, 0.6) is 0 Å². The van der Waals surface area contributed by atoms with Crippen LogP contribution in [-0.4, -0.2) is 46.2 Å². The molecule has 35 heavy (non-hydrogen) atoms. The second-order valence-electron chi connectivity index (χ2n) is 8.33. The molecule has 3 aromatic rings. The highest BCUT2D eigenvalue weighted by Crippen LogP contribution is 2.38. The van der Waals surface area contributed by atoms with Gasteiger partial charge in [0.25, 0.3) is 0 Å². The number of rotatable bonds is 2. The summed E-state index contributed by atoms with van der Waals surface area (Å²) in [5, 5.41) is 3.50. The summed E-state index contributed by atoms with van der Waals surface area (Å²) < 4.78 is 80.2. The molecule has 0 radical (unpaired) electrons. The van der Waals surface area contributed by atoms with E-state index in [1.165, 1.54) is 0 Å². The topological polar surface area (TPSA) is 44.3 Å². The maximum absolute atomic E-state index is 13.5. The molecule has 1 aliphatic rings. The van der Waals surface area contributed by atoms with Gasteiger partial charge < -0.3 is 15.1 Å². The molecule has 12 heteroatoms. The van der Waals surface area contributed by atoms with Crippen molar-refractivity contribution in [1.29, 1.82) is 0 Å². The lowest BCUT2D eigenvalue weighted by molar-refractivity contribution is -0.141. The number of hydrogen-bond donors (Lipinski definition) is 1. The van der Waals surface area contributed by atoms with Crippen LogP contribution in [0.1, 0.15) is 22.5 Å². The van der Waals surface area contributed by atoms with Crippen molar-refractivity contribution in [3.63, 3.8) is 0 Å². The standard InChI is InChI=1S/C23H21F6N5S/c1-13-9-14(2)30-20(10-13)32-21(35)34-7-5-33(6-8-34)18-12-19(23(27,28)29)31-17-4-3-15(11-16(17)18)22(24,25)26/h3-4,9-12H,5-8H2,1-2H3,(H,30,32,35). The van der Waals surface area contributed by atoms with Crippen LogP contribution in [0.3, 0.4) is 0 Å². The Labute approximate surface area is 202 Å². The average molecular weight is 514 g/mol. The number of nitrogens with one attached hydrogen (secondary N) is 1. The molecule has 1 fully saturated rings. The van der Waals surface area contributed by atoms with Gasteiger partial charge in [0.1, 0.15) is 11.5 Å². The van der Waals surface area contributed by atoms with Gasteiger partial charge in [-0.1, -0.05) is 0 Å². The Morgan fingerprint density at radius 1 is 0.886 bits per heavy atom. The zero-order valence-electron chi connectivity index (χ0n) is 18.8. The Hall–Kier alpha value is -3.15. The molecule has 5 nitrogen and oxygen atoms in total. The van der Waals surface area contributed by atoms with E-state index in [-0.39, 0.29) is 29.7 Å². The lowest BCUT2D eigenvalue weighted by Crippen LogP contribution is -2.50. The number of alkyl halides is 6. The van der Waals surface area contributed by atoms with E-state index in [0.717, 1.165) is 35.5 Å². The third-order valence-electron chi connectivity index (χ3n) is 5.64.